The van der Waals surface area contributed by atoms with Crippen LogP contribution in [0.1, 0.15) is 46.5 Å². The normalized spacial score (nSPS) is 21.6. The molecule has 1 heterocycles. The standard InChI is InChI=1S/C14H30N2/c1-13(2)6-5-9-15-12-14(3)7-10-16(4)11-8-14/h13,15H,5-12H2,1-4H3. The van der Waals surface area contributed by atoms with E-state index in [1.165, 1.54) is 51.9 Å². The van der Waals surface area contributed by atoms with E-state index in [9.17, 15) is 0 Å². The molecule has 0 aromatic rings. The summed E-state index contributed by atoms with van der Waals surface area (Å²) in [6.07, 6.45) is 5.38. The number of nitrogens with one attached hydrogen (secondary N) is 1. The molecule has 16 heavy (non-hydrogen) atoms. The average Bonchev–Trinajstić information content (AvgIpc) is 2.22. The van der Waals surface area contributed by atoms with E-state index in [4.69, 9.17) is 0 Å². The summed E-state index contributed by atoms with van der Waals surface area (Å²) in [4.78, 5) is 2.44. The number of hydrogen-bond donors (Lipinski definition) is 1. The Hall–Kier alpha value is -0.0800. The van der Waals surface area contributed by atoms with Crippen LogP contribution in [0.25, 0.3) is 0 Å². The van der Waals surface area contributed by atoms with Gasteiger partial charge in [-0.3, -0.25) is 0 Å². The molecule has 0 bridgehead atoms. The molecular formula is C14H30N2. The quantitative estimate of drug-likeness (QED) is 0.701. The second-order valence-corrected chi connectivity index (χ2v) is 6.33. The smallest absolute Gasteiger partial charge is 0.000612 e. The molecule has 0 saturated carbocycles. The molecule has 1 saturated heterocycles. The van der Waals surface area contributed by atoms with Crippen LogP contribution in [0.4, 0.5) is 0 Å². The Bertz CT molecular complexity index is 181. The molecule has 1 fully saturated rings. The third-order valence-electron chi connectivity index (χ3n) is 3.88. The number of hydrogen-bond acceptors (Lipinski definition) is 2. The van der Waals surface area contributed by atoms with Gasteiger partial charge in [-0.15, -0.1) is 0 Å². The molecule has 1 N–H and O–H groups in total. The van der Waals surface area contributed by atoms with Crippen molar-refractivity contribution >= 4 is 0 Å². The van der Waals surface area contributed by atoms with Crippen LogP contribution in [-0.4, -0.2) is 38.1 Å². The predicted octanol–water partition coefficient (Wildman–Crippen LogP) is 2.74. The van der Waals surface area contributed by atoms with Gasteiger partial charge in [-0.25, -0.2) is 0 Å². The highest BCUT2D eigenvalue weighted by Crippen LogP contribution is 2.29. The van der Waals surface area contributed by atoms with Gasteiger partial charge in [-0.05, 0) is 63.7 Å². The van der Waals surface area contributed by atoms with Crippen molar-refractivity contribution in [2.75, 3.05) is 33.2 Å². The van der Waals surface area contributed by atoms with Gasteiger partial charge in [0.15, 0.2) is 0 Å². The predicted molar refractivity (Wildman–Crippen MR) is 71.8 cm³/mol. The summed E-state index contributed by atoms with van der Waals surface area (Å²) in [6.45, 7) is 12.0. The lowest BCUT2D eigenvalue weighted by atomic mass is 9.80. The van der Waals surface area contributed by atoms with Crippen LogP contribution in [0.2, 0.25) is 0 Å². The topological polar surface area (TPSA) is 15.3 Å². The molecule has 0 aromatic heterocycles. The Morgan fingerprint density at radius 3 is 2.44 bits per heavy atom. The molecule has 0 spiro atoms. The van der Waals surface area contributed by atoms with Crippen LogP contribution in [0.5, 0.6) is 0 Å². The van der Waals surface area contributed by atoms with Crippen LogP contribution >= 0.6 is 0 Å². The molecule has 1 aliphatic rings. The number of rotatable bonds is 6. The van der Waals surface area contributed by atoms with Gasteiger partial charge in [-0.1, -0.05) is 20.8 Å². The van der Waals surface area contributed by atoms with Gasteiger partial charge in [-0.2, -0.15) is 0 Å². The Morgan fingerprint density at radius 2 is 1.88 bits per heavy atom. The lowest BCUT2D eigenvalue weighted by Crippen LogP contribution is -2.42. The fourth-order valence-electron chi connectivity index (χ4n) is 2.36. The number of nitrogens with zero attached hydrogens (tertiary/aromatic N) is 1. The largest absolute Gasteiger partial charge is 0.316 e. The van der Waals surface area contributed by atoms with Crippen molar-refractivity contribution in [1.82, 2.24) is 10.2 Å². The van der Waals surface area contributed by atoms with Gasteiger partial charge >= 0.3 is 0 Å². The summed E-state index contributed by atoms with van der Waals surface area (Å²) in [6, 6.07) is 0. The van der Waals surface area contributed by atoms with Crippen molar-refractivity contribution < 1.29 is 0 Å². The first-order valence-electron chi connectivity index (χ1n) is 6.91. The zero-order valence-corrected chi connectivity index (χ0v) is 11.7. The van der Waals surface area contributed by atoms with E-state index >= 15 is 0 Å². The molecular weight excluding hydrogens is 196 g/mol. The molecule has 0 unspecified atom stereocenters. The van der Waals surface area contributed by atoms with E-state index in [0.29, 0.717) is 5.41 Å². The first-order chi connectivity index (χ1) is 7.52. The minimum Gasteiger partial charge on any atom is -0.316 e. The average molecular weight is 226 g/mol. The summed E-state index contributed by atoms with van der Waals surface area (Å²) in [5, 5.41) is 3.65. The van der Waals surface area contributed by atoms with E-state index in [0.717, 1.165) is 5.92 Å². The van der Waals surface area contributed by atoms with Crippen LogP contribution in [0.15, 0.2) is 0 Å². The molecule has 2 nitrogen and oxygen atoms in total. The van der Waals surface area contributed by atoms with E-state index in [1.807, 2.05) is 0 Å². The molecule has 0 aromatic carbocycles. The zero-order chi connectivity index (χ0) is 12.0. The van der Waals surface area contributed by atoms with Gasteiger partial charge in [0.2, 0.25) is 0 Å². The van der Waals surface area contributed by atoms with E-state index in [2.05, 4.69) is 38.0 Å². The highest BCUT2D eigenvalue weighted by molar-refractivity contribution is 4.83. The molecule has 0 atom stereocenters. The highest BCUT2D eigenvalue weighted by atomic mass is 15.1. The molecule has 1 aliphatic heterocycles. The van der Waals surface area contributed by atoms with E-state index in [1.54, 1.807) is 0 Å². The summed E-state index contributed by atoms with van der Waals surface area (Å²) in [5.41, 5.74) is 0.546. The highest BCUT2D eigenvalue weighted by Gasteiger charge is 2.27. The lowest BCUT2D eigenvalue weighted by molar-refractivity contribution is 0.137. The van der Waals surface area contributed by atoms with Crippen molar-refractivity contribution in [3.05, 3.63) is 0 Å². The van der Waals surface area contributed by atoms with E-state index < -0.39 is 0 Å². The van der Waals surface area contributed by atoms with Gasteiger partial charge in [0.05, 0.1) is 0 Å². The second kappa shape index (κ2) is 6.61. The minimum atomic E-state index is 0.546. The minimum absolute atomic E-state index is 0.546. The molecule has 0 aliphatic carbocycles. The maximum absolute atomic E-state index is 3.65. The third-order valence-corrected chi connectivity index (χ3v) is 3.88. The number of piperidine rings is 1. The Balaban J connectivity index is 2.07. The first kappa shape index (κ1) is 14.0. The van der Waals surface area contributed by atoms with Crippen molar-refractivity contribution in [2.45, 2.75) is 46.5 Å². The lowest BCUT2D eigenvalue weighted by Gasteiger charge is -2.38. The third kappa shape index (κ3) is 5.31. The van der Waals surface area contributed by atoms with Crippen LogP contribution < -0.4 is 5.32 Å². The van der Waals surface area contributed by atoms with Crippen LogP contribution in [0.3, 0.4) is 0 Å². The molecule has 0 amide bonds. The maximum Gasteiger partial charge on any atom is 0.000612 e. The SMILES string of the molecule is CC(C)CCCNCC1(C)CCN(C)CC1. The van der Waals surface area contributed by atoms with Crippen molar-refractivity contribution in [2.24, 2.45) is 11.3 Å². The second-order valence-electron chi connectivity index (χ2n) is 6.33. The Morgan fingerprint density at radius 1 is 1.25 bits per heavy atom. The fourth-order valence-corrected chi connectivity index (χ4v) is 2.36. The van der Waals surface area contributed by atoms with Crippen LogP contribution in [-0.2, 0) is 0 Å². The van der Waals surface area contributed by atoms with Gasteiger partial charge in [0.1, 0.15) is 0 Å². The monoisotopic (exact) mass is 226 g/mol. The summed E-state index contributed by atoms with van der Waals surface area (Å²) >= 11 is 0. The Kier molecular flexibility index (Phi) is 5.77. The molecule has 2 heteroatoms. The summed E-state index contributed by atoms with van der Waals surface area (Å²) in [5.74, 6) is 0.848. The van der Waals surface area contributed by atoms with Gasteiger partial charge in [0.25, 0.3) is 0 Å². The molecule has 1 rings (SSSR count). The van der Waals surface area contributed by atoms with Crippen molar-refractivity contribution in [3.8, 4) is 0 Å². The zero-order valence-electron chi connectivity index (χ0n) is 11.7. The molecule has 96 valence electrons. The Labute approximate surface area is 102 Å². The first-order valence-corrected chi connectivity index (χ1v) is 6.91. The summed E-state index contributed by atoms with van der Waals surface area (Å²) < 4.78 is 0. The molecule has 0 radical (unpaired) electrons. The fraction of sp³-hybridized carbons (Fsp3) is 1.00. The van der Waals surface area contributed by atoms with Crippen molar-refractivity contribution in [3.63, 3.8) is 0 Å². The van der Waals surface area contributed by atoms with Crippen LogP contribution in [0, 0.1) is 11.3 Å². The van der Waals surface area contributed by atoms with E-state index in [-0.39, 0.29) is 0 Å². The van der Waals surface area contributed by atoms with Crippen molar-refractivity contribution in [1.29, 1.82) is 0 Å². The summed E-state index contributed by atoms with van der Waals surface area (Å²) in [7, 11) is 2.23. The van der Waals surface area contributed by atoms with Gasteiger partial charge in [0, 0.05) is 6.54 Å². The van der Waals surface area contributed by atoms with Gasteiger partial charge < -0.3 is 10.2 Å². The maximum atomic E-state index is 3.65. The number of likely N-dealkylation sites (tertiary alicyclic amines) is 1.